The van der Waals surface area contributed by atoms with E-state index in [9.17, 15) is 31.5 Å². The Morgan fingerprint density at radius 1 is 1.14 bits per heavy atom. The summed E-state index contributed by atoms with van der Waals surface area (Å²) in [5.41, 5.74) is -6.82. The maximum atomic E-state index is 13.3. The highest BCUT2D eigenvalue weighted by Crippen LogP contribution is 2.40. The van der Waals surface area contributed by atoms with E-state index < -0.39 is 57.3 Å². The number of ether oxygens (including phenoxy) is 4. The van der Waals surface area contributed by atoms with Gasteiger partial charge in [-0.1, -0.05) is 11.6 Å². The van der Waals surface area contributed by atoms with Crippen LogP contribution in [0.4, 0.5) is 13.2 Å². The molecule has 10 nitrogen and oxygen atoms in total. The van der Waals surface area contributed by atoms with Gasteiger partial charge in [-0.15, -0.1) is 0 Å². The lowest BCUT2D eigenvalue weighted by atomic mass is 10.0. The number of halogens is 4. The van der Waals surface area contributed by atoms with E-state index in [0.29, 0.717) is 5.06 Å². The number of methoxy groups -OCH3 is 2. The first kappa shape index (κ1) is 31.2. The number of carbonyl (C=O) groups excluding carboxylic acids is 1. The SMILES string of the molecule is COCOc1c(O)cc([C@H](OCOC)[C@H](CS(=O)(=O)C(F)(F)F)N(OC(C)(C)C)C(C)=O)cc1Cl. The van der Waals surface area contributed by atoms with Crippen molar-refractivity contribution < 1.29 is 55.3 Å². The largest absolute Gasteiger partial charge is 0.504 e. The van der Waals surface area contributed by atoms with Crippen molar-refractivity contribution in [3.05, 3.63) is 22.7 Å². The third-order valence-electron chi connectivity index (χ3n) is 4.14. The maximum Gasteiger partial charge on any atom is 0.497 e. The van der Waals surface area contributed by atoms with Crippen LogP contribution >= 0.6 is 11.6 Å². The van der Waals surface area contributed by atoms with Gasteiger partial charge in [-0.2, -0.15) is 13.2 Å². The van der Waals surface area contributed by atoms with Crippen molar-refractivity contribution in [3.8, 4) is 11.5 Å². The number of carbonyl (C=O) groups is 1. The number of hydrogen-bond donors (Lipinski definition) is 1. The molecule has 0 saturated carbocycles. The van der Waals surface area contributed by atoms with Gasteiger partial charge in [0.1, 0.15) is 18.9 Å². The molecule has 1 N–H and O–H groups in total. The summed E-state index contributed by atoms with van der Waals surface area (Å²) in [5.74, 6) is -3.26. The predicted molar refractivity (Wildman–Crippen MR) is 118 cm³/mol. The fraction of sp³-hybridized carbons (Fsp3) is 0.650. The molecule has 0 spiro atoms. The maximum absolute atomic E-state index is 13.3. The zero-order valence-electron chi connectivity index (χ0n) is 20.0. The summed E-state index contributed by atoms with van der Waals surface area (Å²) in [6.45, 7) is 4.71. The van der Waals surface area contributed by atoms with Crippen LogP contribution in [0.1, 0.15) is 39.4 Å². The van der Waals surface area contributed by atoms with Crippen LogP contribution in [0.25, 0.3) is 0 Å². The second kappa shape index (κ2) is 12.4. The summed E-state index contributed by atoms with van der Waals surface area (Å²) < 4.78 is 84.6. The molecule has 0 aliphatic carbocycles. The van der Waals surface area contributed by atoms with Crippen molar-refractivity contribution in [3.63, 3.8) is 0 Å². The van der Waals surface area contributed by atoms with Gasteiger partial charge in [-0.05, 0) is 38.5 Å². The molecule has 0 bridgehead atoms. The van der Waals surface area contributed by atoms with Gasteiger partial charge in [0.05, 0.1) is 16.4 Å². The molecule has 0 aromatic heterocycles. The molecule has 202 valence electrons. The first-order valence-electron chi connectivity index (χ1n) is 9.97. The van der Waals surface area contributed by atoms with Crippen molar-refractivity contribution in [2.24, 2.45) is 0 Å². The van der Waals surface area contributed by atoms with E-state index in [1.165, 1.54) is 41.1 Å². The van der Waals surface area contributed by atoms with Crippen molar-refractivity contribution in [1.82, 2.24) is 5.06 Å². The van der Waals surface area contributed by atoms with Gasteiger partial charge in [0.15, 0.2) is 18.3 Å². The van der Waals surface area contributed by atoms with Gasteiger partial charge in [0, 0.05) is 21.1 Å². The number of alkyl halides is 3. The number of phenolic OH excluding ortho intramolecular Hbond substituents is 1. The number of hydrogen-bond acceptors (Lipinski definition) is 9. The lowest BCUT2D eigenvalue weighted by molar-refractivity contribution is -0.255. The van der Waals surface area contributed by atoms with E-state index in [1.807, 2.05) is 0 Å². The van der Waals surface area contributed by atoms with Gasteiger partial charge in [-0.25, -0.2) is 13.5 Å². The summed E-state index contributed by atoms with van der Waals surface area (Å²) in [5, 5.41) is 10.7. The average molecular weight is 552 g/mol. The highest BCUT2D eigenvalue weighted by atomic mass is 35.5. The highest BCUT2D eigenvalue weighted by molar-refractivity contribution is 7.92. The number of amides is 1. The Kier molecular flexibility index (Phi) is 11.1. The molecule has 0 fully saturated rings. The molecular formula is C20H29ClF3NO9S. The van der Waals surface area contributed by atoms with Crippen molar-refractivity contribution >= 4 is 27.3 Å². The molecular weight excluding hydrogens is 523 g/mol. The third-order valence-corrected chi connectivity index (χ3v) is 5.90. The number of phenols is 1. The van der Waals surface area contributed by atoms with Crippen LogP contribution in [0, 0.1) is 0 Å². The standard InChI is InChI=1S/C20H29ClF3NO9S/c1-12(26)25(34-19(2,3)4)15(9-35(28,29)20(22,23)24)17(32-10-30-5)13-7-14(21)18(16(27)8-13)33-11-31-6/h7-8,15,17,27H,9-11H2,1-6H3/t15-,17-/m0/s1. The van der Waals surface area contributed by atoms with Crippen LogP contribution < -0.4 is 4.74 Å². The van der Waals surface area contributed by atoms with E-state index in [2.05, 4.69) is 0 Å². The van der Waals surface area contributed by atoms with E-state index in [-0.39, 0.29) is 23.1 Å². The van der Waals surface area contributed by atoms with E-state index in [0.717, 1.165) is 13.0 Å². The highest BCUT2D eigenvalue weighted by Gasteiger charge is 2.50. The Hall–Kier alpha value is -1.84. The first-order valence-corrected chi connectivity index (χ1v) is 12.0. The smallest absolute Gasteiger partial charge is 0.497 e. The second-order valence-electron chi connectivity index (χ2n) is 8.24. The summed E-state index contributed by atoms with van der Waals surface area (Å²) in [4.78, 5) is 18.0. The first-order chi connectivity index (χ1) is 15.9. The molecule has 1 amide bonds. The summed E-state index contributed by atoms with van der Waals surface area (Å²) >= 11 is 6.17. The number of aromatic hydroxyl groups is 1. The Labute approximate surface area is 206 Å². The van der Waals surface area contributed by atoms with Crippen LogP contribution in [0.15, 0.2) is 12.1 Å². The summed E-state index contributed by atoms with van der Waals surface area (Å²) in [6.07, 6.45) is -1.61. The fourth-order valence-corrected chi connectivity index (χ4v) is 4.08. The molecule has 0 saturated heterocycles. The quantitative estimate of drug-likeness (QED) is 0.307. The molecule has 35 heavy (non-hydrogen) atoms. The normalized spacial score (nSPS) is 14.5. The van der Waals surface area contributed by atoms with Gasteiger partial charge in [-0.3, -0.25) is 9.63 Å². The van der Waals surface area contributed by atoms with Crippen LogP contribution in [0.5, 0.6) is 11.5 Å². The van der Waals surface area contributed by atoms with Gasteiger partial charge < -0.3 is 24.1 Å². The Balaban J connectivity index is 3.75. The summed E-state index contributed by atoms with van der Waals surface area (Å²) in [6, 6.07) is 0.337. The van der Waals surface area contributed by atoms with Gasteiger partial charge in [0.25, 0.3) is 0 Å². The predicted octanol–water partition coefficient (Wildman–Crippen LogP) is 3.57. The summed E-state index contributed by atoms with van der Waals surface area (Å²) in [7, 11) is -3.24. The third kappa shape index (κ3) is 8.95. The molecule has 1 rings (SSSR count). The van der Waals surface area contributed by atoms with Crippen molar-refractivity contribution in [2.45, 2.75) is 51.0 Å². The van der Waals surface area contributed by atoms with Gasteiger partial charge >= 0.3 is 5.51 Å². The molecule has 0 aliphatic rings. The number of sulfone groups is 1. The number of nitrogens with zero attached hydrogens (tertiary/aromatic N) is 1. The number of rotatable bonds is 12. The second-order valence-corrected chi connectivity index (χ2v) is 10.7. The molecule has 1 aromatic carbocycles. The molecule has 0 aliphatic heterocycles. The Morgan fingerprint density at radius 3 is 2.14 bits per heavy atom. The van der Waals surface area contributed by atoms with Crippen molar-refractivity contribution in [1.29, 1.82) is 0 Å². The van der Waals surface area contributed by atoms with E-state index in [1.54, 1.807) is 0 Å². The minimum Gasteiger partial charge on any atom is -0.504 e. The zero-order valence-corrected chi connectivity index (χ0v) is 21.6. The lowest BCUT2D eigenvalue weighted by Gasteiger charge is -2.38. The lowest BCUT2D eigenvalue weighted by Crippen LogP contribution is -2.51. The average Bonchev–Trinajstić information content (AvgIpc) is 2.69. The Morgan fingerprint density at radius 2 is 1.71 bits per heavy atom. The molecule has 1 aromatic rings. The van der Waals surface area contributed by atoms with Crippen LogP contribution in [-0.2, 0) is 33.7 Å². The van der Waals surface area contributed by atoms with Crippen molar-refractivity contribution in [2.75, 3.05) is 33.6 Å². The fourth-order valence-electron chi connectivity index (χ4n) is 2.85. The van der Waals surface area contributed by atoms with Gasteiger partial charge in [0.2, 0.25) is 15.7 Å². The molecule has 0 unspecified atom stereocenters. The molecule has 0 radical (unpaired) electrons. The Bertz CT molecular complexity index is 945. The minimum atomic E-state index is -5.78. The molecule has 2 atom stereocenters. The minimum absolute atomic E-state index is 0.0829. The van der Waals surface area contributed by atoms with E-state index >= 15 is 0 Å². The number of hydroxylamine groups is 2. The number of benzene rings is 1. The molecule has 15 heteroatoms. The van der Waals surface area contributed by atoms with Crippen LogP contribution in [0.3, 0.4) is 0 Å². The van der Waals surface area contributed by atoms with E-state index in [4.69, 9.17) is 35.4 Å². The van der Waals surface area contributed by atoms with Crippen LogP contribution in [0.2, 0.25) is 5.02 Å². The molecule has 0 heterocycles. The topological polar surface area (TPSA) is 121 Å². The van der Waals surface area contributed by atoms with Crippen LogP contribution in [-0.4, -0.2) is 75.2 Å². The monoisotopic (exact) mass is 551 g/mol. The zero-order chi connectivity index (χ0) is 27.2.